The van der Waals surface area contributed by atoms with Crippen molar-refractivity contribution < 1.29 is 28.2 Å². The van der Waals surface area contributed by atoms with Crippen LogP contribution < -0.4 is 5.32 Å². The number of aromatic hydroxyl groups is 2. The lowest BCUT2D eigenvalue weighted by molar-refractivity contribution is 0.102. The lowest BCUT2D eigenvalue weighted by Gasteiger charge is -2.09. The van der Waals surface area contributed by atoms with Gasteiger partial charge in [-0.2, -0.15) is 0 Å². The predicted molar refractivity (Wildman–Crippen MR) is 64.0 cm³/mol. The van der Waals surface area contributed by atoms with E-state index in [2.05, 4.69) is 0 Å². The van der Waals surface area contributed by atoms with Crippen molar-refractivity contribution in [1.82, 2.24) is 0 Å². The number of benzene rings is 2. The first-order valence-electron chi connectivity index (χ1n) is 5.37. The van der Waals surface area contributed by atoms with Crippen LogP contribution in [-0.4, -0.2) is 16.1 Å². The minimum atomic E-state index is -1.47. The van der Waals surface area contributed by atoms with E-state index in [0.29, 0.717) is 12.1 Å². The molecule has 0 saturated carbocycles. The van der Waals surface area contributed by atoms with Crippen molar-refractivity contribution in [3.8, 4) is 11.5 Å². The maximum absolute atomic E-state index is 13.4. The van der Waals surface area contributed by atoms with Gasteiger partial charge in [-0.15, -0.1) is 0 Å². The van der Waals surface area contributed by atoms with E-state index in [9.17, 15) is 28.2 Å². The fraction of sp³-hybridized carbons (Fsp3) is 0. The molecular weight excluding hydrogens is 275 g/mol. The zero-order chi connectivity index (χ0) is 14.9. The van der Waals surface area contributed by atoms with Crippen molar-refractivity contribution in [1.29, 1.82) is 0 Å². The summed E-state index contributed by atoms with van der Waals surface area (Å²) in [5.74, 6) is -6.22. The maximum atomic E-state index is 13.4. The molecular formula is C13H8F3NO3. The average molecular weight is 283 g/mol. The largest absolute Gasteiger partial charge is 0.507 e. The van der Waals surface area contributed by atoms with Gasteiger partial charge in [0.1, 0.15) is 22.9 Å². The van der Waals surface area contributed by atoms with Gasteiger partial charge < -0.3 is 15.5 Å². The van der Waals surface area contributed by atoms with Crippen molar-refractivity contribution in [2.24, 2.45) is 0 Å². The second kappa shape index (κ2) is 5.12. The lowest BCUT2D eigenvalue weighted by atomic mass is 10.1. The van der Waals surface area contributed by atoms with Crippen LogP contribution in [0, 0.1) is 17.5 Å². The third-order valence-corrected chi connectivity index (χ3v) is 2.49. The van der Waals surface area contributed by atoms with Gasteiger partial charge in [0, 0.05) is 12.1 Å². The molecule has 2 aromatic rings. The SMILES string of the molecule is O=C(Nc1cc(F)cc(F)c1F)c1c(O)cccc1O. The van der Waals surface area contributed by atoms with Gasteiger partial charge in [0.25, 0.3) is 5.91 Å². The Morgan fingerprint density at radius 2 is 1.65 bits per heavy atom. The number of phenolic OH excluding ortho intramolecular Hbond substituents is 2. The van der Waals surface area contributed by atoms with Gasteiger partial charge in [-0.3, -0.25) is 4.79 Å². The summed E-state index contributed by atoms with van der Waals surface area (Å²) in [6, 6.07) is 4.42. The van der Waals surface area contributed by atoms with Crippen LogP contribution in [0.25, 0.3) is 0 Å². The molecule has 0 aromatic heterocycles. The molecule has 3 N–H and O–H groups in total. The molecule has 2 rings (SSSR count). The predicted octanol–water partition coefficient (Wildman–Crippen LogP) is 2.77. The van der Waals surface area contributed by atoms with Crippen LogP contribution in [0.2, 0.25) is 0 Å². The topological polar surface area (TPSA) is 69.6 Å². The fourth-order valence-corrected chi connectivity index (χ4v) is 1.59. The van der Waals surface area contributed by atoms with Gasteiger partial charge in [0.15, 0.2) is 11.6 Å². The standard InChI is InChI=1S/C13H8F3NO3/c14-6-4-7(15)12(16)8(5-6)17-13(20)11-9(18)2-1-3-10(11)19/h1-5,18-19H,(H,17,20). The van der Waals surface area contributed by atoms with E-state index in [1.165, 1.54) is 6.07 Å². The smallest absolute Gasteiger partial charge is 0.263 e. The van der Waals surface area contributed by atoms with Crippen LogP contribution in [0.4, 0.5) is 18.9 Å². The molecule has 0 spiro atoms. The Bertz CT molecular complexity index is 669. The molecule has 0 atom stereocenters. The quantitative estimate of drug-likeness (QED) is 0.742. The van der Waals surface area contributed by atoms with Crippen molar-refractivity contribution >= 4 is 11.6 Å². The molecule has 1 amide bonds. The fourth-order valence-electron chi connectivity index (χ4n) is 1.59. The molecule has 0 aliphatic heterocycles. The van der Waals surface area contributed by atoms with Crippen molar-refractivity contribution in [3.05, 3.63) is 53.3 Å². The molecule has 0 aliphatic carbocycles. The maximum Gasteiger partial charge on any atom is 0.263 e. The van der Waals surface area contributed by atoms with Crippen LogP contribution >= 0.6 is 0 Å². The molecule has 20 heavy (non-hydrogen) atoms. The Morgan fingerprint density at radius 3 is 2.25 bits per heavy atom. The van der Waals surface area contributed by atoms with Crippen LogP contribution in [0.15, 0.2) is 30.3 Å². The summed E-state index contributed by atoms with van der Waals surface area (Å²) < 4.78 is 39.3. The Labute approximate surface area is 111 Å². The summed E-state index contributed by atoms with van der Waals surface area (Å²) >= 11 is 0. The summed E-state index contributed by atoms with van der Waals surface area (Å²) in [6.45, 7) is 0. The Hall–Kier alpha value is -2.70. The number of carbonyl (C=O) groups is 1. The average Bonchev–Trinajstić information content (AvgIpc) is 2.35. The Morgan fingerprint density at radius 1 is 1.05 bits per heavy atom. The van der Waals surface area contributed by atoms with Crippen LogP contribution in [-0.2, 0) is 0 Å². The molecule has 0 radical (unpaired) electrons. The number of amides is 1. The van der Waals surface area contributed by atoms with E-state index in [-0.39, 0.29) is 0 Å². The third-order valence-electron chi connectivity index (χ3n) is 2.49. The number of halogens is 3. The molecule has 0 unspecified atom stereocenters. The highest BCUT2D eigenvalue weighted by molar-refractivity contribution is 6.08. The van der Waals surface area contributed by atoms with Gasteiger partial charge in [-0.05, 0) is 12.1 Å². The van der Waals surface area contributed by atoms with Gasteiger partial charge in [-0.25, -0.2) is 13.2 Å². The monoisotopic (exact) mass is 283 g/mol. The highest BCUT2D eigenvalue weighted by Crippen LogP contribution is 2.28. The highest BCUT2D eigenvalue weighted by Gasteiger charge is 2.19. The first-order valence-corrected chi connectivity index (χ1v) is 5.37. The molecule has 0 bridgehead atoms. The van der Waals surface area contributed by atoms with Gasteiger partial charge in [0.05, 0.1) is 5.69 Å². The van der Waals surface area contributed by atoms with Gasteiger partial charge in [-0.1, -0.05) is 6.07 Å². The van der Waals surface area contributed by atoms with Crippen LogP contribution in [0.5, 0.6) is 11.5 Å². The van der Waals surface area contributed by atoms with E-state index in [1.54, 1.807) is 0 Å². The van der Waals surface area contributed by atoms with Crippen molar-refractivity contribution in [3.63, 3.8) is 0 Å². The molecule has 104 valence electrons. The first kappa shape index (κ1) is 13.7. The van der Waals surface area contributed by atoms with Crippen molar-refractivity contribution in [2.75, 3.05) is 5.32 Å². The first-order chi connectivity index (χ1) is 9.40. The molecule has 0 saturated heterocycles. The number of phenols is 2. The summed E-state index contributed by atoms with van der Waals surface area (Å²) in [7, 11) is 0. The minimum Gasteiger partial charge on any atom is -0.507 e. The summed E-state index contributed by atoms with van der Waals surface area (Å²) in [5.41, 5.74) is -1.27. The summed E-state index contributed by atoms with van der Waals surface area (Å²) in [4.78, 5) is 11.8. The zero-order valence-corrected chi connectivity index (χ0v) is 9.82. The minimum absolute atomic E-state index is 0.322. The Kier molecular flexibility index (Phi) is 3.51. The normalized spacial score (nSPS) is 10.3. The van der Waals surface area contributed by atoms with Crippen LogP contribution in [0.3, 0.4) is 0 Å². The highest BCUT2D eigenvalue weighted by atomic mass is 19.2. The number of anilines is 1. The lowest BCUT2D eigenvalue weighted by Crippen LogP contribution is -2.14. The zero-order valence-electron chi connectivity index (χ0n) is 9.82. The molecule has 2 aromatic carbocycles. The van der Waals surface area contributed by atoms with E-state index in [0.717, 1.165) is 12.1 Å². The molecule has 0 fully saturated rings. The second-order valence-corrected chi connectivity index (χ2v) is 3.87. The number of carbonyl (C=O) groups excluding carboxylic acids is 1. The number of hydrogen-bond acceptors (Lipinski definition) is 3. The van der Waals surface area contributed by atoms with Gasteiger partial charge >= 0.3 is 0 Å². The summed E-state index contributed by atoms with van der Waals surface area (Å²) in [5, 5.41) is 20.8. The summed E-state index contributed by atoms with van der Waals surface area (Å²) in [6.07, 6.45) is 0. The molecule has 7 heteroatoms. The molecule has 4 nitrogen and oxygen atoms in total. The van der Waals surface area contributed by atoms with E-state index >= 15 is 0 Å². The third kappa shape index (κ3) is 2.51. The Balaban J connectivity index is 2.38. The number of hydrogen-bond donors (Lipinski definition) is 3. The van der Waals surface area contributed by atoms with Crippen LogP contribution in [0.1, 0.15) is 10.4 Å². The van der Waals surface area contributed by atoms with Crippen molar-refractivity contribution in [2.45, 2.75) is 0 Å². The van der Waals surface area contributed by atoms with Gasteiger partial charge in [0.2, 0.25) is 0 Å². The number of nitrogens with one attached hydrogen (secondary N) is 1. The van der Waals surface area contributed by atoms with E-state index in [1.807, 2.05) is 5.32 Å². The number of rotatable bonds is 2. The molecule has 0 heterocycles. The molecule has 0 aliphatic rings. The van der Waals surface area contributed by atoms with E-state index in [4.69, 9.17) is 0 Å². The van der Waals surface area contributed by atoms with E-state index < -0.39 is 46.1 Å². The second-order valence-electron chi connectivity index (χ2n) is 3.87.